The number of halogens is 3. The van der Waals surface area contributed by atoms with Crippen molar-refractivity contribution in [2.75, 3.05) is 38.6 Å². The van der Waals surface area contributed by atoms with Gasteiger partial charge in [0, 0.05) is 10.7 Å². The summed E-state index contributed by atoms with van der Waals surface area (Å²) in [6.07, 6.45) is 0. The summed E-state index contributed by atoms with van der Waals surface area (Å²) in [6.45, 7) is 7.57. The molecule has 27 heavy (non-hydrogen) atoms. The summed E-state index contributed by atoms with van der Waals surface area (Å²) >= 11 is 10.0. The van der Waals surface area contributed by atoms with E-state index in [9.17, 15) is 17.5 Å². The second-order valence-corrected chi connectivity index (χ2v) is 9.16. The molecule has 0 aliphatic carbocycles. The highest BCUT2D eigenvalue weighted by Gasteiger charge is 2.24. The lowest BCUT2D eigenvalue weighted by Gasteiger charge is -2.13. The van der Waals surface area contributed by atoms with Gasteiger partial charge >= 0.3 is 25.0 Å². The lowest BCUT2D eigenvalue weighted by molar-refractivity contribution is 0.136. The van der Waals surface area contributed by atoms with Gasteiger partial charge in [0.15, 0.2) is 0 Å². The van der Waals surface area contributed by atoms with E-state index < -0.39 is 31.0 Å². The summed E-state index contributed by atoms with van der Waals surface area (Å²) in [5.41, 5.74) is 0. The Morgan fingerprint density at radius 2 is 1.15 bits per heavy atom. The van der Waals surface area contributed by atoms with Gasteiger partial charge in [-0.3, -0.25) is 22.6 Å². The first kappa shape index (κ1) is 32.7. The van der Waals surface area contributed by atoms with Crippen LogP contribution in [-0.4, -0.2) is 51.9 Å². The lowest BCUT2D eigenvalue weighted by atomic mass is 10.9. The molecule has 1 N–H and O–H groups in total. The van der Waals surface area contributed by atoms with Gasteiger partial charge in [-0.2, -0.15) is 8.42 Å². The molecule has 0 aromatic rings. The van der Waals surface area contributed by atoms with Crippen LogP contribution in [0.1, 0.15) is 27.7 Å². The average molecular weight is 522 g/mol. The summed E-state index contributed by atoms with van der Waals surface area (Å²) in [7, 11) is -6.38. The normalized spacial score (nSPS) is 11.9. The second kappa shape index (κ2) is 19.0. The number of phosphoric acid groups is 2. The number of phosphoric ester groups is 2. The van der Waals surface area contributed by atoms with Crippen LogP contribution >= 0.6 is 49.5 Å². The van der Waals surface area contributed by atoms with Crippen LogP contribution in [0.25, 0.3) is 0 Å². The Labute approximate surface area is 174 Å². The van der Waals surface area contributed by atoms with Gasteiger partial charge in [-0.25, -0.2) is 13.3 Å². The van der Waals surface area contributed by atoms with E-state index in [2.05, 4.69) is 28.4 Å². The summed E-state index contributed by atoms with van der Waals surface area (Å²) in [5, 5.41) is 0. The van der Waals surface area contributed by atoms with Crippen molar-refractivity contribution in [3.05, 3.63) is 0 Å². The smallest absolute Gasteiger partial charge is 0.302 e. The molecule has 0 unspecified atom stereocenters. The van der Waals surface area contributed by atoms with Crippen LogP contribution in [0.2, 0.25) is 0 Å². The quantitative estimate of drug-likeness (QED) is 0.224. The highest BCUT2D eigenvalue weighted by molar-refractivity contribution is 8.10. The highest BCUT2D eigenvalue weighted by Crippen LogP contribution is 2.49. The van der Waals surface area contributed by atoms with Crippen LogP contribution in [-0.2, 0) is 45.3 Å². The Balaban J connectivity index is -0.000000329. The van der Waals surface area contributed by atoms with E-state index in [4.69, 9.17) is 37.1 Å². The van der Waals surface area contributed by atoms with Crippen molar-refractivity contribution in [1.29, 1.82) is 0 Å². The standard InChI is InChI=1S/C5H12ClO4P.C4H11O4P.CH2Cl2O3S/c1-3-8-11(7,9-4-2)10-5-6;1-3-7-9(5,6)8-4-2;2-1-6-7(3,4)5/h3-5H2,1-2H3;3-4H2,1-2H3,(H,5,6);1H2. The molecule has 0 bridgehead atoms. The fourth-order valence-corrected chi connectivity index (χ4v) is 3.69. The molecule has 0 aromatic heterocycles. The van der Waals surface area contributed by atoms with Gasteiger partial charge in [0.25, 0.3) is 0 Å². The predicted octanol–water partition coefficient (Wildman–Crippen LogP) is 4.22. The van der Waals surface area contributed by atoms with Crippen molar-refractivity contribution in [3.8, 4) is 0 Å². The molecule has 0 saturated carbocycles. The minimum atomic E-state index is -3.83. The second-order valence-electron chi connectivity index (χ2n) is 3.45. The molecule has 0 fully saturated rings. The van der Waals surface area contributed by atoms with Gasteiger partial charge in [-0.1, -0.05) is 23.2 Å². The molecule has 17 heteroatoms. The van der Waals surface area contributed by atoms with Crippen LogP contribution < -0.4 is 0 Å². The molecular weight excluding hydrogens is 496 g/mol. The van der Waals surface area contributed by atoms with Gasteiger partial charge in [-0.15, -0.1) is 0 Å². The van der Waals surface area contributed by atoms with Crippen molar-refractivity contribution in [1.82, 2.24) is 0 Å². The molecule has 0 aliphatic rings. The fraction of sp³-hybridized carbons (Fsp3) is 1.00. The Bertz CT molecular complexity index is 501. The van der Waals surface area contributed by atoms with Gasteiger partial charge in [0.1, 0.15) is 12.1 Å². The van der Waals surface area contributed by atoms with Gasteiger partial charge < -0.3 is 4.89 Å². The van der Waals surface area contributed by atoms with Crippen LogP contribution in [0.3, 0.4) is 0 Å². The van der Waals surface area contributed by atoms with Crippen LogP contribution in [0, 0.1) is 0 Å². The average Bonchev–Trinajstić information content (AvgIpc) is 2.47. The largest absolute Gasteiger partial charge is 0.475 e. The third kappa shape index (κ3) is 27.0. The molecule has 0 saturated heterocycles. The zero-order valence-electron chi connectivity index (χ0n) is 15.2. The Morgan fingerprint density at radius 3 is 1.33 bits per heavy atom. The van der Waals surface area contributed by atoms with E-state index in [1.807, 2.05) is 0 Å². The van der Waals surface area contributed by atoms with E-state index in [0.29, 0.717) is 0 Å². The Kier molecular flexibility index (Phi) is 23.0. The third-order valence-corrected chi connectivity index (χ3v) is 5.48. The fourth-order valence-electron chi connectivity index (χ4n) is 0.905. The van der Waals surface area contributed by atoms with Crippen molar-refractivity contribution < 1.29 is 49.2 Å². The molecule has 0 spiro atoms. The summed E-state index contributed by atoms with van der Waals surface area (Å²) < 4.78 is 67.7. The molecule has 0 aliphatic heterocycles. The Hall–Kier alpha value is 1.000. The maximum atomic E-state index is 11.3. The summed E-state index contributed by atoms with van der Waals surface area (Å²) in [4.78, 5) is 8.63. The van der Waals surface area contributed by atoms with E-state index in [-0.39, 0.29) is 32.5 Å². The van der Waals surface area contributed by atoms with Crippen molar-refractivity contribution in [2.45, 2.75) is 27.7 Å². The SMILES string of the molecule is CCOP(=O)(O)OCC.CCOP(=O)(OCC)OCCl.O=S(=O)(Cl)OCCl. The van der Waals surface area contributed by atoms with Gasteiger partial charge in [0.05, 0.1) is 26.4 Å². The number of alkyl halides is 2. The van der Waals surface area contributed by atoms with Gasteiger partial charge in [0.2, 0.25) is 0 Å². The van der Waals surface area contributed by atoms with E-state index in [0.717, 1.165) is 0 Å². The molecule has 168 valence electrons. The summed E-state index contributed by atoms with van der Waals surface area (Å²) in [5.74, 6) is 0. The van der Waals surface area contributed by atoms with Crippen LogP contribution in [0.15, 0.2) is 0 Å². The van der Waals surface area contributed by atoms with Crippen molar-refractivity contribution >= 4 is 58.9 Å². The highest BCUT2D eigenvalue weighted by atomic mass is 35.7. The molecule has 0 atom stereocenters. The van der Waals surface area contributed by atoms with Crippen molar-refractivity contribution in [2.24, 2.45) is 0 Å². The number of hydrogen-bond donors (Lipinski definition) is 1. The lowest BCUT2D eigenvalue weighted by Crippen LogP contribution is -1.98. The molecule has 11 nitrogen and oxygen atoms in total. The first-order valence-electron chi connectivity index (χ1n) is 7.23. The predicted molar refractivity (Wildman–Crippen MR) is 102 cm³/mol. The minimum absolute atomic E-state index is 0.188. The molecule has 0 rings (SSSR count). The minimum Gasteiger partial charge on any atom is -0.302 e. The number of hydrogen-bond acceptors (Lipinski definition) is 10. The van der Waals surface area contributed by atoms with Crippen LogP contribution in [0.4, 0.5) is 0 Å². The first-order valence-corrected chi connectivity index (χ1v) is 13.5. The molecule has 0 heterocycles. The topological polar surface area (TPSA) is 144 Å². The van der Waals surface area contributed by atoms with E-state index in [1.165, 1.54) is 0 Å². The van der Waals surface area contributed by atoms with Gasteiger partial charge in [-0.05, 0) is 27.7 Å². The summed E-state index contributed by atoms with van der Waals surface area (Å²) in [6, 6.07) is -0.636. The monoisotopic (exact) mass is 520 g/mol. The molecule has 0 radical (unpaired) electrons. The molecule has 0 aromatic carbocycles. The number of rotatable bonds is 12. The van der Waals surface area contributed by atoms with Crippen molar-refractivity contribution in [3.63, 3.8) is 0 Å². The zero-order chi connectivity index (χ0) is 22.0. The van der Waals surface area contributed by atoms with Crippen LogP contribution in [0.5, 0.6) is 0 Å². The zero-order valence-corrected chi connectivity index (χ0v) is 20.1. The maximum Gasteiger partial charge on any atom is 0.475 e. The Morgan fingerprint density at radius 1 is 0.778 bits per heavy atom. The maximum absolute atomic E-state index is 11.3. The first-order chi connectivity index (χ1) is 12.4. The molecule has 0 amide bonds. The van der Waals surface area contributed by atoms with E-state index in [1.54, 1.807) is 27.7 Å². The molecular formula is C10H25Cl3O11P2S. The van der Waals surface area contributed by atoms with E-state index >= 15 is 0 Å². The third-order valence-electron chi connectivity index (χ3n) is 1.55.